The first kappa shape index (κ1) is 10.8. The summed E-state index contributed by atoms with van der Waals surface area (Å²) >= 11 is 0. The molecule has 0 spiro atoms. The molecule has 0 fully saturated rings. The van der Waals surface area contributed by atoms with Crippen LogP contribution in [0.15, 0.2) is 12.1 Å². The molecule has 1 aromatic carbocycles. The Hall–Kier alpha value is -0.250. The molecule has 2 N–H and O–H groups in total. The molecule has 0 amide bonds. The summed E-state index contributed by atoms with van der Waals surface area (Å²) in [4.78, 5) is 0. The third-order valence-corrected chi connectivity index (χ3v) is 2.10. The first-order chi connectivity index (χ1) is 4.63. The van der Waals surface area contributed by atoms with Crippen molar-refractivity contribution in [3.63, 3.8) is 0 Å². The molecule has 0 aromatic heterocycles. The lowest BCUT2D eigenvalue weighted by molar-refractivity contribution is 1.27. The minimum absolute atomic E-state index is 0. The van der Waals surface area contributed by atoms with Crippen LogP contribution in [0.1, 0.15) is 16.7 Å². The van der Waals surface area contributed by atoms with Crippen molar-refractivity contribution < 1.29 is 0 Å². The van der Waals surface area contributed by atoms with Gasteiger partial charge in [0.25, 0.3) is 0 Å². The van der Waals surface area contributed by atoms with Crippen molar-refractivity contribution in [1.29, 1.82) is 0 Å². The molecular weight excluding hydrogens is 249 g/mol. The Bertz CT molecular complexity index is 229. The van der Waals surface area contributed by atoms with E-state index < -0.39 is 0 Å². The highest BCUT2D eigenvalue weighted by molar-refractivity contribution is 14.0. The Morgan fingerprint density at radius 2 is 1.55 bits per heavy atom. The molecule has 0 bridgehead atoms. The molecule has 0 saturated heterocycles. The number of nitrogen functional groups attached to an aromatic ring is 1. The largest absolute Gasteiger partial charge is 0.399 e. The SMILES string of the molecule is Cc1ccc(N)c(C)c1C.I. The van der Waals surface area contributed by atoms with Gasteiger partial charge in [0, 0.05) is 5.69 Å². The van der Waals surface area contributed by atoms with Crippen LogP contribution in [0.25, 0.3) is 0 Å². The van der Waals surface area contributed by atoms with E-state index in [1.807, 2.05) is 6.07 Å². The van der Waals surface area contributed by atoms with Crippen LogP contribution in [0, 0.1) is 20.8 Å². The highest BCUT2D eigenvalue weighted by Gasteiger charge is 1.98. The Labute approximate surface area is 85.0 Å². The summed E-state index contributed by atoms with van der Waals surface area (Å²) < 4.78 is 0. The molecule has 1 rings (SSSR count). The van der Waals surface area contributed by atoms with Crippen LogP contribution in [0.4, 0.5) is 5.69 Å². The predicted molar refractivity (Wildman–Crippen MR) is 60.5 cm³/mol. The van der Waals surface area contributed by atoms with E-state index in [-0.39, 0.29) is 24.0 Å². The smallest absolute Gasteiger partial charge is 0.0346 e. The van der Waals surface area contributed by atoms with Crippen molar-refractivity contribution in [1.82, 2.24) is 0 Å². The molecule has 1 aromatic rings. The zero-order valence-corrected chi connectivity index (χ0v) is 9.47. The lowest BCUT2D eigenvalue weighted by atomic mass is 10.0. The number of hydrogen-bond donors (Lipinski definition) is 1. The number of aryl methyl sites for hydroxylation is 1. The van der Waals surface area contributed by atoms with Crippen molar-refractivity contribution in [2.24, 2.45) is 0 Å². The molecule has 0 saturated carbocycles. The summed E-state index contributed by atoms with van der Waals surface area (Å²) in [6.07, 6.45) is 0. The van der Waals surface area contributed by atoms with Gasteiger partial charge in [-0.15, -0.1) is 24.0 Å². The van der Waals surface area contributed by atoms with E-state index in [2.05, 4.69) is 26.8 Å². The Kier molecular flexibility index (Phi) is 3.86. The fraction of sp³-hybridized carbons (Fsp3) is 0.333. The fourth-order valence-corrected chi connectivity index (χ4v) is 0.977. The normalized spacial score (nSPS) is 9.00. The van der Waals surface area contributed by atoms with Crippen molar-refractivity contribution >= 4 is 29.7 Å². The first-order valence-electron chi connectivity index (χ1n) is 3.45. The van der Waals surface area contributed by atoms with Crippen LogP contribution in [0.3, 0.4) is 0 Å². The molecule has 11 heavy (non-hydrogen) atoms. The molecule has 0 aliphatic rings. The number of anilines is 1. The molecule has 1 nitrogen and oxygen atoms in total. The predicted octanol–water partition coefficient (Wildman–Crippen LogP) is 2.81. The van der Waals surface area contributed by atoms with Crippen molar-refractivity contribution in [3.05, 3.63) is 28.8 Å². The van der Waals surface area contributed by atoms with Gasteiger partial charge in [-0.25, -0.2) is 0 Å². The quantitative estimate of drug-likeness (QED) is 0.565. The lowest BCUT2D eigenvalue weighted by Crippen LogP contribution is -1.93. The van der Waals surface area contributed by atoms with Gasteiger partial charge in [-0.3, -0.25) is 0 Å². The molecule has 0 radical (unpaired) electrons. The highest BCUT2D eigenvalue weighted by Crippen LogP contribution is 2.17. The van der Waals surface area contributed by atoms with Gasteiger partial charge < -0.3 is 5.73 Å². The van der Waals surface area contributed by atoms with Crippen LogP contribution < -0.4 is 5.73 Å². The molecular formula is C9H14IN. The van der Waals surface area contributed by atoms with Gasteiger partial charge in [0.1, 0.15) is 0 Å². The average Bonchev–Trinajstić information content (AvgIpc) is 1.93. The van der Waals surface area contributed by atoms with Gasteiger partial charge in [-0.2, -0.15) is 0 Å². The number of nitrogens with two attached hydrogens (primary N) is 1. The van der Waals surface area contributed by atoms with Gasteiger partial charge in [0.05, 0.1) is 0 Å². The maximum Gasteiger partial charge on any atom is 0.0346 e. The second-order valence-corrected chi connectivity index (χ2v) is 2.72. The Balaban J connectivity index is 0.000001000. The van der Waals surface area contributed by atoms with E-state index in [4.69, 9.17) is 5.73 Å². The topological polar surface area (TPSA) is 26.0 Å². The van der Waals surface area contributed by atoms with Gasteiger partial charge in [0.15, 0.2) is 0 Å². The van der Waals surface area contributed by atoms with E-state index in [0.29, 0.717) is 0 Å². The van der Waals surface area contributed by atoms with E-state index in [0.717, 1.165) is 5.69 Å². The summed E-state index contributed by atoms with van der Waals surface area (Å²) in [6, 6.07) is 4.01. The van der Waals surface area contributed by atoms with E-state index in [1.54, 1.807) is 0 Å². The average molecular weight is 263 g/mol. The van der Waals surface area contributed by atoms with Gasteiger partial charge >= 0.3 is 0 Å². The van der Waals surface area contributed by atoms with E-state index >= 15 is 0 Å². The summed E-state index contributed by atoms with van der Waals surface area (Å²) in [7, 11) is 0. The Morgan fingerprint density at radius 1 is 1.00 bits per heavy atom. The number of rotatable bonds is 0. The van der Waals surface area contributed by atoms with E-state index in [1.165, 1.54) is 16.7 Å². The molecule has 0 atom stereocenters. The minimum atomic E-state index is 0. The monoisotopic (exact) mass is 263 g/mol. The zero-order valence-electron chi connectivity index (χ0n) is 7.14. The second kappa shape index (κ2) is 3.95. The number of hydrogen-bond acceptors (Lipinski definition) is 1. The third-order valence-electron chi connectivity index (χ3n) is 2.10. The van der Waals surface area contributed by atoms with Crippen LogP contribution in [-0.4, -0.2) is 0 Å². The molecule has 0 unspecified atom stereocenters. The number of halogens is 1. The van der Waals surface area contributed by atoms with Crippen molar-refractivity contribution in [2.75, 3.05) is 5.73 Å². The number of benzene rings is 1. The first-order valence-corrected chi connectivity index (χ1v) is 3.45. The van der Waals surface area contributed by atoms with Gasteiger partial charge in [0.2, 0.25) is 0 Å². The van der Waals surface area contributed by atoms with Crippen molar-refractivity contribution in [2.45, 2.75) is 20.8 Å². The third kappa shape index (κ3) is 2.09. The maximum absolute atomic E-state index is 5.69. The zero-order chi connectivity index (χ0) is 7.72. The second-order valence-electron chi connectivity index (χ2n) is 2.72. The van der Waals surface area contributed by atoms with Crippen LogP contribution in [-0.2, 0) is 0 Å². The van der Waals surface area contributed by atoms with Crippen molar-refractivity contribution in [3.8, 4) is 0 Å². The maximum atomic E-state index is 5.69. The summed E-state index contributed by atoms with van der Waals surface area (Å²) in [5.74, 6) is 0. The molecule has 2 heteroatoms. The summed E-state index contributed by atoms with van der Waals surface area (Å²) in [5.41, 5.74) is 10.4. The van der Waals surface area contributed by atoms with Gasteiger partial charge in [-0.05, 0) is 43.5 Å². The van der Waals surface area contributed by atoms with Crippen LogP contribution in [0.2, 0.25) is 0 Å². The summed E-state index contributed by atoms with van der Waals surface area (Å²) in [5, 5.41) is 0. The standard InChI is InChI=1S/C9H13N.HI/c1-6-4-5-9(10)8(3)7(6)2;/h4-5H,10H2,1-3H3;1H. The van der Waals surface area contributed by atoms with E-state index in [9.17, 15) is 0 Å². The lowest BCUT2D eigenvalue weighted by Gasteiger charge is -2.05. The van der Waals surface area contributed by atoms with Crippen LogP contribution in [0.5, 0.6) is 0 Å². The molecule has 0 aliphatic heterocycles. The minimum Gasteiger partial charge on any atom is -0.399 e. The summed E-state index contributed by atoms with van der Waals surface area (Å²) in [6.45, 7) is 6.25. The highest BCUT2D eigenvalue weighted by atomic mass is 127. The fourth-order valence-electron chi connectivity index (χ4n) is 0.977. The molecule has 0 aliphatic carbocycles. The molecule has 0 heterocycles. The Morgan fingerprint density at radius 3 is 2.00 bits per heavy atom. The van der Waals surface area contributed by atoms with Gasteiger partial charge in [-0.1, -0.05) is 6.07 Å². The van der Waals surface area contributed by atoms with Crippen LogP contribution >= 0.6 is 24.0 Å². The molecule has 62 valence electrons.